The number of carbonyl (C=O) groups is 1. The fraction of sp³-hybridized carbons (Fsp3) is 0.833. The number of alkyl halides is 3. The fourth-order valence-corrected chi connectivity index (χ4v) is 0.904. The van der Waals surface area contributed by atoms with E-state index in [0.717, 1.165) is 5.06 Å². The van der Waals surface area contributed by atoms with Gasteiger partial charge < -0.3 is 0 Å². The van der Waals surface area contributed by atoms with Gasteiger partial charge in [0.05, 0.1) is 13.2 Å². The molecule has 0 aliphatic carbocycles. The van der Waals surface area contributed by atoms with E-state index in [1.165, 1.54) is 0 Å². The maximum absolute atomic E-state index is 11.7. The molecule has 0 aromatic heterocycles. The average Bonchev–Trinajstić information content (AvgIpc) is 2.32. The number of hydrogen-bond donors (Lipinski definition) is 0. The first kappa shape index (κ1) is 9.31. The average molecular weight is 183 g/mol. The van der Waals surface area contributed by atoms with E-state index in [2.05, 4.69) is 4.84 Å². The zero-order valence-corrected chi connectivity index (χ0v) is 6.23. The minimum Gasteiger partial charge on any atom is -0.272 e. The summed E-state index contributed by atoms with van der Waals surface area (Å²) in [5.41, 5.74) is 0. The monoisotopic (exact) mass is 183 g/mol. The van der Waals surface area contributed by atoms with Crippen LogP contribution in [0.25, 0.3) is 0 Å². The van der Waals surface area contributed by atoms with Gasteiger partial charge in [-0.25, -0.2) is 5.06 Å². The van der Waals surface area contributed by atoms with E-state index >= 15 is 0 Å². The van der Waals surface area contributed by atoms with Crippen molar-refractivity contribution in [3.8, 4) is 0 Å². The molecule has 1 amide bonds. The summed E-state index contributed by atoms with van der Waals surface area (Å²) >= 11 is 0. The van der Waals surface area contributed by atoms with E-state index in [0.29, 0.717) is 13.0 Å². The van der Waals surface area contributed by atoms with Crippen LogP contribution in [0.15, 0.2) is 0 Å². The summed E-state index contributed by atoms with van der Waals surface area (Å²) in [5, 5.41) is 0.771. The van der Waals surface area contributed by atoms with Gasteiger partial charge in [-0.3, -0.25) is 9.63 Å². The lowest BCUT2D eigenvalue weighted by atomic mass is 10.4. The first-order valence-corrected chi connectivity index (χ1v) is 3.49. The molecule has 0 unspecified atom stereocenters. The SMILES string of the molecule is O=C(CC(F)(F)F)N1CCCO1. The minimum atomic E-state index is -4.44. The van der Waals surface area contributed by atoms with Gasteiger partial charge in [0.15, 0.2) is 0 Å². The van der Waals surface area contributed by atoms with Crippen LogP contribution in [0.3, 0.4) is 0 Å². The molecular formula is C6H8F3NO2. The largest absolute Gasteiger partial charge is 0.397 e. The number of halogens is 3. The first-order chi connectivity index (χ1) is 5.49. The third-order valence-corrected chi connectivity index (χ3v) is 1.38. The van der Waals surface area contributed by atoms with Crippen LogP contribution in [-0.4, -0.2) is 30.3 Å². The second-order valence-electron chi connectivity index (χ2n) is 2.47. The van der Waals surface area contributed by atoms with Gasteiger partial charge in [0.1, 0.15) is 6.42 Å². The number of hydroxylamine groups is 2. The highest BCUT2D eigenvalue weighted by Gasteiger charge is 2.34. The van der Waals surface area contributed by atoms with Crippen LogP contribution in [0, 0.1) is 0 Å². The molecule has 1 rings (SSSR count). The van der Waals surface area contributed by atoms with Gasteiger partial charge in [0.25, 0.3) is 5.91 Å². The minimum absolute atomic E-state index is 0.259. The van der Waals surface area contributed by atoms with Crippen LogP contribution >= 0.6 is 0 Å². The zero-order chi connectivity index (χ0) is 9.19. The predicted octanol–water partition coefficient (Wildman–Crippen LogP) is 1.10. The van der Waals surface area contributed by atoms with Crippen LogP contribution in [-0.2, 0) is 9.63 Å². The van der Waals surface area contributed by atoms with E-state index in [4.69, 9.17) is 0 Å². The van der Waals surface area contributed by atoms with Crippen molar-refractivity contribution in [2.45, 2.75) is 19.0 Å². The lowest BCUT2D eigenvalue weighted by Crippen LogP contribution is -2.30. The highest BCUT2D eigenvalue weighted by molar-refractivity contribution is 5.75. The van der Waals surface area contributed by atoms with E-state index in [-0.39, 0.29) is 6.54 Å². The summed E-state index contributed by atoms with van der Waals surface area (Å²) in [5.74, 6) is -1.01. The third kappa shape index (κ3) is 2.69. The van der Waals surface area contributed by atoms with E-state index < -0.39 is 18.5 Å². The molecule has 0 atom stereocenters. The molecule has 0 saturated carbocycles. The molecule has 1 aliphatic rings. The Bertz CT molecular complexity index is 174. The van der Waals surface area contributed by atoms with E-state index in [1.54, 1.807) is 0 Å². The van der Waals surface area contributed by atoms with Gasteiger partial charge >= 0.3 is 6.18 Å². The molecule has 1 heterocycles. The van der Waals surface area contributed by atoms with Gasteiger partial charge in [0.2, 0.25) is 0 Å². The van der Waals surface area contributed by atoms with Gasteiger partial charge in [-0.2, -0.15) is 13.2 Å². The predicted molar refractivity (Wildman–Crippen MR) is 33.0 cm³/mol. The van der Waals surface area contributed by atoms with Crippen LogP contribution < -0.4 is 0 Å². The van der Waals surface area contributed by atoms with Crippen LogP contribution in [0.4, 0.5) is 13.2 Å². The van der Waals surface area contributed by atoms with Crippen LogP contribution in [0.2, 0.25) is 0 Å². The molecule has 1 fully saturated rings. The molecule has 0 radical (unpaired) electrons. The van der Waals surface area contributed by atoms with Crippen LogP contribution in [0.1, 0.15) is 12.8 Å². The summed E-state index contributed by atoms with van der Waals surface area (Å²) in [6.45, 7) is 0.582. The van der Waals surface area contributed by atoms with E-state index in [1.807, 2.05) is 0 Å². The summed E-state index contributed by atoms with van der Waals surface area (Å²) in [4.78, 5) is 15.4. The van der Waals surface area contributed by atoms with E-state index in [9.17, 15) is 18.0 Å². The van der Waals surface area contributed by atoms with Crippen molar-refractivity contribution in [2.75, 3.05) is 13.2 Å². The lowest BCUT2D eigenvalue weighted by Gasteiger charge is -2.14. The van der Waals surface area contributed by atoms with Gasteiger partial charge in [0, 0.05) is 0 Å². The number of hydrogen-bond acceptors (Lipinski definition) is 2. The highest BCUT2D eigenvalue weighted by Crippen LogP contribution is 2.21. The summed E-state index contributed by atoms with van der Waals surface area (Å²) in [6.07, 6.45) is -5.28. The first-order valence-electron chi connectivity index (χ1n) is 3.49. The zero-order valence-electron chi connectivity index (χ0n) is 6.23. The molecular weight excluding hydrogens is 175 g/mol. The molecule has 0 spiro atoms. The van der Waals surface area contributed by atoms with Gasteiger partial charge in [-0.15, -0.1) is 0 Å². The molecule has 0 bridgehead atoms. The van der Waals surface area contributed by atoms with Gasteiger partial charge in [-0.05, 0) is 6.42 Å². The quantitative estimate of drug-likeness (QED) is 0.609. The summed E-state index contributed by atoms with van der Waals surface area (Å²) in [7, 11) is 0. The molecule has 3 nitrogen and oxygen atoms in total. The maximum atomic E-state index is 11.7. The second kappa shape index (κ2) is 3.30. The van der Waals surface area contributed by atoms with Crippen molar-refractivity contribution in [1.29, 1.82) is 0 Å². The number of nitrogens with zero attached hydrogens (tertiary/aromatic N) is 1. The van der Waals surface area contributed by atoms with Crippen LogP contribution in [0.5, 0.6) is 0 Å². The Kier molecular flexibility index (Phi) is 2.56. The third-order valence-electron chi connectivity index (χ3n) is 1.38. The Morgan fingerprint density at radius 1 is 1.50 bits per heavy atom. The Labute approximate surface area is 67.0 Å². The van der Waals surface area contributed by atoms with Crippen molar-refractivity contribution >= 4 is 5.91 Å². The molecule has 0 N–H and O–H groups in total. The van der Waals surface area contributed by atoms with Crippen molar-refractivity contribution < 1.29 is 22.8 Å². The van der Waals surface area contributed by atoms with Crippen molar-refractivity contribution in [3.63, 3.8) is 0 Å². The molecule has 12 heavy (non-hydrogen) atoms. The Balaban J connectivity index is 2.37. The fourth-order valence-electron chi connectivity index (χ4n) is 0.904. The smallest absolute Gasteiger partial charge is 0.272 e. The number of carbonyl (C=O) groups excluding carboxylic acids is 1. The maximum Gasteiger partial charge on any atom is 0.397 e. The second-order valence-corrected chi connectivity index (χ2v) is 2.47. The molecule has 6 heteroatoms. The van der Waals surface area contributed by atoms with Gasteiger partial charge in [-0.1, -0.05) is 0 Å². The summed E-state index contributed by atoms with van der Waals surface area (Å²) < 4.78 is 35.0. The number of amides is 1. The molecule has 0 aromatic rings. The Morgan fingerprint density at radius 3 is 2.58 bits per heavy atom. The van der Waals surface area contributed by atoms with Crippen molar-refractivity contribution in [3.05, 3.63) is 0 Å². The molecule has 1 aliphatic heterocycles. The molecule has 0 aromatic carbocycles. The standard InChI is InChI=1S/C6H8F3NO2/c7-6(8,9)4-5(11)10-2-1-3-12-10/h1-4H2. The topological polar surface area (TPSA) is 29.5 Å². The lowest BCUT2D eigenvalue weighted by molar-refractivity contribution is -0.189. The van der Waals surface area contributed by atoms with Crippen molar-refractivity contribution in [1.82, 2.24) is 5.06 Å². The number of rotatable bonds is 1. The Morgan fingerprint density at radius 2 is 2.17 bits per heavy atom. The van der Waals surface area contributed by atoms with Crippen molar-refractivity contribution in [2.24, 2.45) is 0 Å². The highest BCUT2D eigenvalue weighted by atomic mass is 19.4. The Hall–Kier alpha value is -0.780. The normalized spacial score (nSPS) is 18.4. The molecule has 70 valence electrons. The summed E-state index contributed by atoms with van der Waals surface area (Å²) in [6, 6.07) is 0. The molecule has 1 saturated heterocycles.